The summed E-state index contributed by atoms with van der Waals surface area (Å²) < 4.78 is 0. The number of hydrogen-bond donors (Lipinski definition) is 4. The Bertz CT molecular complexity index is 450. The zero-order valence-corrected chi connectivity index (χ0v) is 12.4. The number of carbonyl (C=O) groups is 2. The van der Waals surface area contributed by atoms with Crippen molar-refractivity contribution in [3.63, 3.8) is 0 Å². The molecule has 0 aliphatic heterocycles. The number of amides is 2. The minimum absolute atomic E-state index is 0.00435. The number of aromatic nitrogens is 1. The molecule has 0 saturated carbocycles. The lowest BCUT2D eigenvalue weighted by Gasteiger charge is -2.12. The van der Waals surface area contributed by atoms with Crippen LogP contribution in [0.15, 0.2) is 5.38 Å². The Labute approximate surface area is 121 Å². The summed E-state index contributed by atoms with van der Waals surface area (Å²) in [4.78, 5) is 26.3. The molecule has 1 unspecified atom stereocenters. The summed E-state index contributed by atoms with van der Waals surface area (Å²) in [6.07, 6.45) is 0.857. The number of urea groups is 1. The Morgan fingerprint density at radius 2 is 2.20 bits per heavy atom. The first kappa shape index (κ1) is 16.4. The SMILES string of the molecule is CCNCCCNC(=O)NC(C)c1nc(C(=O)O)cs1. The van der Waals surface area contributed by atoms with E-state index in [1.807, 2.05) is 6.92 Å². The zero-order valence-electron chi connectivity index (χ0n) is 11.6. The van der Waals surface area contributed by atoms with E-state index in [1.54, 1.807) is 6.92 Å². The molecule has 0 spiro atoms. The van der Waals surface area contributed by atoms with Crippen molar-refractivity contribution in [1.29, 1.82) is 0 Å². The predicted molar refractivity (Wildman–Crippen MR) is 77.2 cm³/mol. The second-order valence-corrected chi connectivity index (χ2v) is 5.09. The van der Waals surface area contributed by atoms with Crippen molar-refractivity contribution in [2.75, 3.05) is 19.6 Å². The fourth-order valence-corrected chi connectivity index (χ4v) is 2.29. The van der Waals surface area contributed by atoms with Gasteiger partial charge in [-0.15, -0.1) is 11.3 Å². The minimum Gasteiger partial charge on any atom is -0.476 e. The van der Waals surface area contributed by atoms with Crippen LogP contribution in [0.25, 0.3) is 0 Å². The minimum atomic E-state index is -1.06. The molecule has 4 N–H and O–H groups in total. The van der Waals surface area contributed by atoms with E-state index in [0.717, 1.165) is 19.5 Å². The van der Waals surface area contributed by atoms with Crippen LogP contribution in [0.5, 0.6) is 0 Å². The molecule has 8 heteroatoms. The quantitative estimate of drug-likeness (QED) is 0.540. The number of aromatic carboxylic acids is 1. The molecule has 112 valence electrons. The molecule has 1 atom stereocenters. The summed E-state index contributed by atoms with van der Waals surface area (Å²) in [6.45, 7) is 6.16. The standard InChI is InChI=1S/C12H20N4O3S/c1-3-13-5-4-6-14-12(19)15-8(2)10-16-9(7-20-10)11(17)18/h7-8,13H,3-6H2,1-2H3,(H,17,18)(H2,14,15,19). The van der Waals surface area contributed by atoms with E-state index < -0.39 is 5.97 Å². The third kappa shape index (κ3) is 5.54. The van der Waals surface area contributed by atoms with Gasteiger partial charge in [0.1, 0.15) is 5.01 Å². The van der Waals surface area contributed by atoms with E-state index in [2.05, 4.69) is 20.9 Å². The molecule has 1 aromatic rings. The van der Waals surface area contributed by atoms with Crippen molar-refractivity contribution < 1.29 is 14.7 Å². The number of thiazole rings is 1. The normalized spacial score (nSPS) is 11.9. The summed E-state index contributed by atoms with van der Waals surface area (Å²) >= 11 is 1.22. The van der Waals surface area contributed by atoms with Gasteiger partial charge in [0.25, 0.3) is 0 Å². The molecule has 0 aliphatic rings. The van der Waals surface area contributed by atoms with E-state index >= 15 is 0 Å². The van der Waals surface area contributed by atoms with Gasteiger partial charge in [-0.05, 0) is 26.4 Å². The number of rotatable bonds is 8. The highest BCUT2D eigenvalue weighted by Gasteiger charge is 2.15. The molecule has 0 aliphatic carbocycles. The van der Waals surface area contributed by atoms with Gasteiger partial charge in [-0.3, -0.25) is 0 Å². The van der Waals surface area contributed by atoms with Crippen molar-refractivity contribution in [1.82, 2.24) is 20.9 Å². The van der Waals surface area contributed by atoms with Crippen LogP contribution in [0, 0.1) is 0 Å². The maximum atomic E-state index is 11.6. The molecule has 1 heterocycles. The summed E-state index contributed by atoms with van der Waals surface area (Å²) in [5, 5.41) is 19.5. The van der Waals surface area contributed by atoms with Crippen molar-refractivity contribution >= 4 is 23.3 Å². The highest BCUT2D eigenvalue weighted by atomic mass is 32.1. The fourth-order valence-electron chi connectivity index (χ4n) is 1.49. The van der Waals surface area contributed by atoms with Gasteiger partial charge in [-0.25, -0.2) is 14.6 Å². The Balaban J connectivity index is 2.31. The molecule has 0 aromatic carbocycles. The van der Waals surface area contributed by atoms with Crippen LogP contribution < -0.4 is 16.0 Å². The molecule has 7 nitrogen and oxygen atoms in total. The van der Waals surface area contributed by atoms with Gasteiger partial charge in [-0.2, -0.15) is 0 Å². The third-order valence-corrected chi connectivity index (χ3v) is 3.55. The number of carbonyl (C=O) groups excluding carboxylic acids is 1. The molecule has 0 radical (unpaired) electrons. The largest absolute Gasteiger partial charge is 0.476 e. The van der Waals surface area contributed by atoms with E-state index in [0.29, 0.717) is 11.6 Å². The van der Waals surface area contributed by atoms with Gasteiger partial charge in [0, 0.05) is 11.9 Å². The van der Waals surface area contributed by atoms with Gasteiger partial charge >= 0.3 is 12.0 Å². The Morgan fingerprint density at radius 3 is 2.80 bits per heavy atom. The van der Waals surface area contributed by atoms with Crippen LogP contribution in [-0.2, 0) is 0 Å². The van der Waals surface area contributed by atoms with Gasteiger partial charge in [0.2, 0.25) is 0 Å². The molecule has 1 rings (SSSR count). The number of nitrogens with zero attached hydrogens (tertiary/aromatic N) is 1. The molecule has 0 saturated heterocycles. The Hall–Kier alpha value is -1.67. The van der Waals surface area contributed by atoms with E-state index in [9.17, 15) is 9.59 Å². The van der Waals surface area contributed by atoms with Crippen LogP contribution in [0.2, 0.25) is 0 Å². The van der Waals surface area contributed by atoms with Crippen molar-refractivity contribution in [2.45, 2.75) is 26.3 Å². The van der Waals surface area contributed by atoms with Crippen molar-refractivity contribution in [3.05, 3.63) is 16.1 Å². The average molecular weight is 300 g/mol. The number of carboxylic acid groups (broad SMARTS) is 1. The highest BCUT2D eigenvalue weighted by Crippen LogP contribution is 2.17. The second kappa shape index (κ2) is 8.49. The molecule has 0 fully saturated rings. The van der Waals surface area contributed by atoms with Gasteiger partial charge < -0.3 is 21.1 Å². The molecule has 20 heavy (non-hydrogen) atoms. The van der Waals surface area contributed by atoms with Crippen LogP contribution in [0.4, 0.5) is 4.79 Å². The van der Waals surface area contributed by atoms with E-state index in [4.69, 9.17) is 5.11 Å². The maximum absolute atomic E-state index is 11.6. The lowest BCUT2D eigenvalue weighted by atomic mass is 10.3. The highest BCUT2D eigenvalue weighted by molar-refractivity contribution is 7.09. The van der Waals surface area contributed by atoms with Gasteiger partial charge in [-0.1, -0.05) is 6.92 Å². The Kier molecular flexibility index (Phi) is 6.96. The summed E-state index contributed by atoms with van der Waals surface area (Å²) in [7, 11) is 0. The number of hydrogen-bond acceptors (Lipinski definition) is 5. The monoisotopic (exact) mass is 300 g/mol. The molecule has 0 bridgehead atoms. The van der Waals surface area contributed by atoms with Crippen LogP contribution in [-0.4, -0.2) is 41.7 Å². The van der Waals surface area contributed by atoms with E-state index in [-0.39, 0.29) is 17.8 Å². The number of nitrogens with one attached hydrogen (secondary N) is 3. The lowest BCUT2D eigenvalue weighted by molar-refractivity contribution is 0.0691. The van der Waals surface area contributed by atoms with Gasteiger partial charge in [0.15, 0.2) is 5.69 Å². The Morgan fingerprint density at radius 1 is 1.45 bits per heavy atom. The van der Waals surface area contributed by atoms with Crippen molar-refractivity contribution in [3.8, 4) is 0 Å². The van der Waals surface area contributed by atoms with Crippen molar-refractivity contribution in [2.24, 2.45) is 0 Å². The molecular weight excluding hydrogens is 280 g/mol. The lowest BCUT2D eigenvalue weighted by Crippen LogP contribution is -2.38. The first-order chi connectivity index (χ1) is 9.54. The molecule has 1 aromatic heterocycles. The smallest absolute Gasteiger partial charge is 0.355 e. The van der Waals surface area contributed by atoms with Crippen LogP contribution in [0.1, 0.15) is 41.8 Å². The van der Waals surface area contributed by atoms with Gasteiger partial charge in [0.05, 0.1) is 6.04 Å². The summed E-state index contributed by atoms with van der Waals surface area (Å²) in [6, 6.07) is -0.594. The van der Waals surface area contributed by atoms with Crippen LogP contribution in [0.3, 0.4) is 0 Å². The number of carboxylic acids is 1. The fraction of sp³-hybridized carbons (Fsp3) is 0.583. The predicted octanol–water partition coefficient (Wildman–Crippen LogP) is 1.20. The summed E-state index contributed by atoms with van der Waals surface area (Å²) in [5.74, 6) is -1.06. The summed E-state index contributed by atoms with van der Waals surface area (Å²) in [5.41, 5.74) is 0.00435. The second-order valence-electron chi connectivity index (χ2n) is 4.21. The topological polar surface area (TPSA) is 103 Å². The van der Waals surface area contributed by atoms with E-state index in [1.165, 1.54) is 16.7 Å². The maximum Gasteiger partial charge on any atom is 0.355 e. The van der Waals surface area contributed by atoms with Crippen LogP contribution >= 0.6 is 11.3 Å². The average Bonchev–Trinajstić information content (AvgIpc) is 2.88. The molecule has 2 amide bonds. The first-order valence-corrected chi connectivity index (χ1v) is 7.36. The molecular formula is C12H20N4O3S. The third-order valence-electron chi connectivity index (χ3n) is 2.52. The first-order valence-electron chi connectivity index (χ1n) is 6.48. The zero-order chi connectivity index (χ0) is 15.0.